The van der Waals surface area contributed by atoms with Crippen LogP contribution in [0.15, 0.2) is 0 Å². The fourth-order valence-corrected chi connectivity index (χ4v) is 3.99. The van der Waals surface area contributed by atoms with Crippen LogP contribution in [0.2, 0.25) is 0 Å². The molecule has 0 radical (unpaired) electrons. The van der Waals surface area contributed by atoms with Gasteiger partial charge in [-0.1, -0.05) is 12.8 Å². The smallest absolute Gasteiger partial charge is 0.222 e. The summed E-state index contributed by atoms with van der Waals surface area (Å²) in [4.78, 5) is 11.8. The average molecular weight is 342 g/mol. The SMILES string of the molecule is COCCNC(=O)CC1CC2OC(CNC3CCCC3)C(O)C2O1. The summed E-state index contributed by atoms with van der Waals surface area (Å²) in [5.74, 6) is -0.0500. The van der Waals surface area contributed by atoms with Crippen molar-refractivity contribution < 1.29 is 24.1 Å². The highest BCUT2D eigenvalue weighted by atomic mass is 16.6. The molecule has 1 saturated carbocycles. The number of hydrogen-bond acceptors (Lipinski definition) is 6. The van der Waals surface area contributed by atoms with E-state index in [2.05, 4.69) is 10.6 Å². The Hall–Kier alpha value is -0.730. The van der Waals surface area contributed by atoms with Gasteiger partial charge in [0.15, 0.2) is 0 Å². The van der Waals surface area contributed by atoms with Crippen molar-refractivity contribution in [3.05, 3.63) is 0 Å². The Kier molecular flexibility index (Phi) is 6.46. The zero-order valence-electron chi connectivity index (χ0n) is 14.4. The van der Waals surface area contributed by atoms with E-state index in [9.17, 15) is 9.90 Å². The number of carbonyl (C=O) groups excluding carboxylic acids is 1. The maximum atomic E-state index is 11.8. The van der Waals surface area contributed by atoms with E-state index in [-0.39, 0.29) is 30.3 Å². The van der Waals surface area contributed by atoms with E-state index < -0.39 is 6.10 Å². The molecule has 24 heavy (non-hydrogen) atoms. The van der Waals surface area contributed by atoms with Crippen LogP contribution in [0.4, 0.5) is 0 Å². The Morgan fingerprint density at radius 3 is 2.79 bits per heavy atom. The van der Waals surface area contributed by atoms with Gasteiger partial charge >= 0.3 is 0 Å². The van der Waals surface area contributed by atoms with E-state index in [4.69, 9.17) is 14.2 Å². The van der Waals surface area contributed by atoms with Gasteiger partial charge in [-0.15, -0.1) is 0 Å². The summed E-state index contributed by atoms with van der Waals surface area (Å²) in [6, 6.07) is 0.561. The van der Waals surface area contributed by atoms with Gasteiger partial charge in [0.1, 0.15) is 12.2 Å². The number of carbonyl (C=O) groups is 1. The fourth-order valence-electron chi connectivity index (χ4n) is 3.99. The van der Waals surface area contributed by atoms with E-state index in [1.807, 2.05) is 0 Å². The second-order valence-electron chi connectivity index (χ2n) is 7.10. The number of fused-ring (bicyclic) bond motifs is 1. The van der Waals surface area contributed by atoms with Gasteiger partial charge in [0.25, 0.3) is 0 Å². The van der Waals surface area contributed by atoms with Crippen LogP contribution < -0.4 is 10.6 Å². The first-order chi connectivity index (χ1) is 11.7. The van der Waals surface area contributed by atoms with Crippen LogP contribution in [0, 0.1) is 0 Å². The van der Waals surface area contributed by atoms with E-state index in [0.717, 1.165) is 0 Å². The molecule has 3 N–H and O–H groups in total. The quantitative estimate of drug-likeness (QED) is 0.536. The highest BCUT2D eigenvalue weighted by Crippen LogP contribution is 2.35. The Bertz CT molecular complexity index is 416. The fraction of sp³-hybridized carbons (Fsp3) is 0.941. The first-order valence-corrected chi connectivity index (χ1v) is 9.15. The number of hydrogen-bond donors (Lipinski definition) is 3. The van der Waals surface area contributed by atoms with Gasteiger partial charge in [-0.25, -0.2) is 0 Å². The number of ether oxygens (including phenoxy) is 3. The molecule has 1 aliphatic carbocycles. The molecule has 3 aliphatic rings. The molecule has 7 nitrogen and oxygen atoms in total. The lowest BCUT2D eigenvalue weighted by atomic mass is 10.1. The summed E-state index contributed by atoms with van der Waals surface area (Å²) in [5.41, 5.74) is 0. The molecule has 5 unspecified atom stereocenters. The molecule has 2 saturated heterocycles. The van der Waals surface area contributed by atoms with Crippen molar-refractivity contribution in [3.63, 3.8) is 0 Å². The molecule has 0 bridgehead atoms. The first kappa shape index (κ1) is 18.1. The van der Waals surface area contributed by atoms with Crippen molar-refractivity contribution in [3.8, 4) is 0 Å². The first-order valence-electron chi connectivity index (χ1n) is 9.15. The second-order valence-corrected chi connectivity index (χ2v) is 7.10. The monoisotopic (exact) mass is 342 g/mol. The summed E-state index contributed by atoms with van der Waals surface area (Å²) in [6.07, 6.45) is 4.55. The number of aliphatic hydroxyl groups is 1. The van der Waals surface area contributed by atoms with Crippen molar-refractivity contribution in [2.75, 3.05) is 26.8 Å². The summed E-state index contributed by atoms with van der Waals surface area (Å²) >= 11 is 0. The maximum Gasteiger partial charge on any atom is 0.222 e. The third-order valence-electron chi connectivity index (χ3n) is 5.28. The van der Waals surface area contributed by atoms with Gasteiger partial charge in [0, 0.05) is 32.7 Å². The van der Waals surface area contributed by atoms with Crippen LogP contribution in [0.25, 0.3) is 0 Å². The summed E-state index contributed by atoms with van der Waals surface area (Å²) in [7, 11) is 1.60. The predicted octanol–water partition coefficient (Wildman–Crippen LogP) is -0.0429. The van der Waals surface area contributed by atoms with Crippen molar-refractivity contribution in [1.29, 1.82) is 0 Å². The molecule has 0 aromatic carbocycles. The van der Waals surface area contributed by atoms with Gasteiger partial charge in [0.2, 0.25) is 5.91 Å². The molecule has 3 fully saturated rings. The zero-order valence-corrected chi connectivity index (χ0v) is 14.4. The third-order valence-corrected chi connectivity index (χ3v) is 5.28. The van der Waals surface area contributed by atoms with Crippen LogP contribution in [-0.4, -0.2) is 74.4 Å². The van der Waals surface area contributed by atoms with Crippen molar-refractivity contribution in [1.82, 2.24) is 10.6 Å². The Labute approximate surface area is 143 Å². The van der Waals surface area contributed by atoms with Gasteiger partial charge in [0.05, 0.1) is 31.3 Å². The maximum absolute atomic E-state index is 11.8. The molecule has 2 heterocycles. The number of aliphatic hydroxyl groups excluding tert-OH is 1. The number of rotatable bonds is 8. The van der Waals surface area contributed by atoms with Crippen LogP contribution in [0.1, 0.15) is 38.5 Å². The third kappa shape index (κ3) is 4.46. The lowest BCUT2D eigenvalue weighted by Gasteiger charge is -2.21. The van der Waals surface area contributed by atoms with E-state index in [0.29, 0.717) is 38.6 Å². The molecule has 5 atom stereocenters. The van der Waals surface area contributed by atoms with Gasteiger partial charge in [-0.3, -0.25) is 4.79 Å². The summed E-state index contributed by atoms with van der Waals surface area (Å²) < 4.78 is 16.8. The molecule has 3 rings (SSSR count). The summed E-state index contributed by atoms with van der Waals surface area (Å²) in [5, 5.41) is 16.7. The number of nitrogens with one attached hydrogen (secondary N) is 2. The van der Waals surface area contributed by atoms with Crippen molar-refractivity contribution >= 4 is 5.91 Å². The van der Waals surface area contributed by atoms with Gasteiger partial charge < -0.3 is 30.0 Å². The normalized spacial score (nSPS) is 36.2. The topological polar surface area (TPSA) is 89.1 Å². The molecule has 1 amide bonds. The number of methoxy groups -OCH3 is 1. The second kappa shape index (κ2) is 8.58. The average Bonchev–Trinajstić information content (AvgIpc) is 3.25. The molecule has 0 aromatic heterocycles. The van der Waals surface area contributed by atoms with Gasteiger partial charge in [-0.05, 0) is 12.8 Å². The molecule has 7 heteroatoms. The van der Waals surface area contributed by atoms with Crippen LogP contribution in [0.5, 0.6) is 0 Å². The van der Waals surface area contributed by atoms with E-state index >= 15 is 0 Å². The number of amides is 1. The standard InChI is InChI=1S/C17H30N2O5/c1-22-7-6-18-15(20)9-12-8-13-17(23-12)16(21)14(24-13)10-19-11-4-2-3-5-11/h11-14,16-17,19,21H,2-10H2,1H3,(H,18,20). The molecule has 0 aromatic rings. The lowest BCUT2D eigenvalue weighted by Crippen LogP contribution is -2.41. The molecule has 2 aliphatic heterocycles. The minimum absolute atomic E-state index is 0.0500. The highest BCUT2D eigenvalue weighted by molar-refractivity contribution is 5.76. The van der Waals surface area contributed by atoms with Crippen LogP contribution in [-0.2, 0) is 19.0 Å². The predicted molar refractivity (Wildman–Crippen MR) is 87.7 cm³/mol. The molecule has 138 valence electrons. The van der Waals surface area contributed by atoms with E-state index in [1.165, 1.54) is 25.7 Å². The Balaban J connectivity index is 1.38. The summed E-state index contributed by atoms with van der Waals surface area (Å²) in [6.45, 7) is 1.67. The largest absolute Gasteiger partial charge is 0.388 e. The van der Waals surface area contributed by atoms with Crippen LogP contribution >= 0.6 is 0 Å². The van der Waals surface area contributed by atoms with Crippen molar-refractivity contribution in [2.24, 2.45) is 0 Å². The zero-order chi connectivity index (χ0) is 16.9. The lowest BCUT2D eigenvalue weighted by molar-refractivity contribution is -0.124. The van der Waals surface area contributed by atoms with Crippen molar-refractivity contribution in [2.45, 2.75) is 75.1 Å². The molecule has 0 spiro atoms. The minimum Gasteiger partial charge on any atom is -0.388 e. The van der Waals surface area contributed by atoms with Crippen LogP contribution in [0.3, 0.4) is 0 Å². The Morgan fingerprint density at radius 2 is 2.08 bits per heavy atom. The molecular weight excluding hydrogens is 312 g/mol. The minimum atomic E-state index is -0.620. The van der Waals surface area contributed by atoms with Gasteiger partial charge in [-0.2, -0.15) is 0 Å². The Morgan fingerprint density at radius 1 is 1.29 bits per heavy atom. The molecular formula is C17H30N2O5. The highest BCUT2D eigenvalue weighted by Gasteiger charge is 2.50. The van der Waals surface area contributed by atoms with E-state index in [1.54, 1.807) is 7.11 Å².